The number of hydrogen-bond acceptors (Lipinski definition) is 2. The molecule has 3 N–H and O–H groups in total. The number of aliphatic imine (C=N–C) groups is 1. The highest BCUT2D eigenvalue weighted by atomic mass is 16.3. The first-order chi connectivity index (χ1) is 12.7. The van der Waals surface area contributed by atoms with Crippen LogP contribution in [0, 0.1) is 0 Å². The molecule has 2 aromatic heterocycles. The van der Waals surface area contributed by atoms with Crippen molar-refractivity contribution in [3.63, 3.8) is 0 Å². The number of nitrogens with zero attached hydrogens (tertiary/aromatic N) is 1. The van der Waals surface area contributed by atoms with Crippen LogP contribution in [0.2, 0.25) is 0 Å². The molecule has 0 fully saturated rings. The van der Waals surface area contributed by atoms with Gasteiger partial charge in [-0.1, -0.05) is 26.2 Å². The fraction of sp³-hybridized carbons (Fsp3) is 0.409. The van der Waals surface area contributed by atoms with Crippen molar-refractivity contribution < 1.29 is 5.11 Å². The van der Waals surface area contributed by atoms with Crippen LogP contribution in [-0.2, 0) is 6.42 Å². The molecule has 1 atom stereocenters. The van der Waals surface area contributed by atoms with Gasteiger partial charge in [-0.3, -0.25) is 0 Å². The van der Waals surface area contributed by atoms with Gasteiger partial charge in [-0.2, -0.15) is 0 Å². The van der Waals surface area contributed by atoms with E-state index in [-0.39, 0.29) is 5.76 Å². The zero-order chi connectivity index (χ0) is 17.9. The predicted octanol–water partition coefficient (Wildman–Crippen LogP) is 5.63. The molecule has 0 aromatic carbocycles. The van der Waals surface area contributed by atoms with Crippen molar-refractivity contribution in [3.05, 3.63) is 64.6 Å². The van der Waals surface area contributed by atoms with E-state index in [1.165, 1.54) is 43.4 Å². The lowest BCUT2D eigenvalue weighted by atomic mass is 9.89. The van der Waals surface area contributed by atoms with Crippen molar-refractivity contribution in [2.75, 3.05) is 0 Å². The van der Waals surface area contributed by atoms with E-state index in [1.807, 2.05) is 24.4 Å². The maximum atomic E-state index is 10.4. The van der Waals surface area contributed by atoms with Crippen LogP contribution in [0.1, 0.15) is 74.0 Å². The third-order valence-electron chi connectivity index (χ3n) is 5.55. The highest BCUT2D eigenvalue weighted by Crippen LogP contribution is 2.33. The molecule has 0 saturated carbocycles. The molecule has 2 bridgehead atoms. The van der Waals surface area contributed by atoms with Crippen molar-refractivity contribution in [3.8, 4) is 0 Å². The summed E-state index contributed by atoms with van der Waals surface area (Å²) in [5.74, 6) is 0.804. The second-order valence-corrected chi connectivity index (χ2v) is 7.36. The molecular formula is C22H27N3O. The number of aromatic nitrogens is 2. The Morgan fingerprint density at radius 1 is 1.27 bits per heavy atom. The summed E-state index contributed by atoms with van der Waals surface area (Å²) < 4.78 is 0. The largest absolute Gasteiger partial charge is 0.506 e. The monoisotopic (exact) mass is 349 g/mol. The Hall–Kier alpha value is -2.49. The van der Waals surface area contributed by atoms with Crippen molar-refractivity contribution >= 4 is 11.8 Å². The Morgan fingerprint density at radius 3 is 2.96 bits per heavy atom. The molecule has 136 valence electrons. The minimum absolute atomic E-state index is 0.231. The maximum Gasteiger partial charge on any atom is 0.143 e. The van der Waals surface area contributed by atoms with Gasteiger partial charge in [0.05, 0.1) is 11.4 Å². The second-order valence-electron chi connectivity index (χ2n) is 7.36. The Bertz CT molecular complexity index is 852. The molecule has 1 aliphatic carbocycles. The van der Waals surface area contributed by atoms with Crippen molar-refractivity contribution in [2.45, 2.75) is 57.8 Å². The highest BCUT2D eigenvalue weighted by molar-refractivity contribution is 6.10. The molecule has 4 nitrogen and oxygen atoms in total. The number of aliphatic hydroxyl groups excluding tert-OH is 1. The number of allylic oxidation sites excluding steroid dienone is 1. The van der Waals surface area contributed by atoms with E-state index in [1.54, 1.807) is 6.08 Å². The lowest BCUT2D eigenvalue weighted by molar-refractivity contribution is 0.426. The first-order valence-electron chi connectivity index (χ1n) is 9.81. The van der Waals surface area contributed by atoms with Crippen LogP contribution in [0.3, 0.4) is 0 Å². The minimum atomic E-state index is 0.231. The second kappa shape index (κ2) is 7.40. The van der Waals surface area contributed by atoms with E-state index in [2.05, 4.69) is 28.0 Å². The third kappa shape index (κ3) is 3.41. The van der Waals surface area contributed by atoms with E-state index < -0.39 is 0 Å². The molecule has 26 heavy (non-hydrogen) atoms. The van der Waals surface area contributed by atoms with Gasteiger partial charge in [0.1, 0.15) is 11.5 Å². The predicted molar refractivity (Wildman–Crippen MR) is 107 cm³/mol. The smallest absolute Gasteiger partial charge is 0.143 e. The Kier molecular flexibility index (Phi) is 4.83. The van der Waals surface area contributed by atoms with Gasteiger partial charge >= 0.3 is 0 Å². The molecule has 1 aliphatic heterocycles. The summed E-state index contributed by atoms with van der Waals surface area (Å²) >= 11 is 0. The molecule has 3 heterocycles. The van der Waals surface area contributed by atoms with Crippen molar-refractivity contribution in [2.24, 2.45) is 4.99 Å². The van der Waals surface area contributed by atoms with E-state index in [4.69, 9.17) is 0 Å². The van der Waals surface area contributed by atoms with Gasteiger partial charge in [0, 0.05) is 23.7 Å². The standard InChI is InChI=1S/C22H27N3O/c1-2-15-8-5-3-4-6-9-16-12-17(15)19(24-16)13-21-22(26)14-20(25-21)18-10-7-11-23-18/h7,10-15,23-24,26H,2-6,8-9H2,1H3/b21-13+. The number of nitrogens with one attached hydrogen (secondary N) is 2. The van der Waals surface area contributed by atoms with Gasteiger partial charge < -0.3 is 15.1 Å². The molecule has 0 spiro atoms. The van der Waals surface area contributed by atoms with Crippen LogP contribution in [0.5, 0.6) is 0 Å². The van der Waals surface area contributed by atoms with Crippen LogP contribution >= 0.6 is 0 Å². The molecule has 4 rings (SSSR count). The van der Waals surface area contributed by atoms with Gasteiger partial charge in [-0.15, -0.1) is 0 Å². The molecule has 2 aromatic rings. The topological polar surface area (TPSA) is 64.2 Å². The van der Waals surface area contributed by atoms with Crippen LogP contribution in [0.4, 0.5) is 0 Å². The highest BCUT2D eigenvalue weighted by Gasteiger charge is 2.20. The molecule has 0 radical (unpaired) electrons. The molecule has 2 aliphatic rings. The number of aliphatic hydroxyl groups is 1. The summed E-state index contributed by atoms with van der Waals surface area (Å²) in [6.07, 6.45) is 14.3. The lowest BCUT2D eigenvalue weighted by Gasteiger charge is -2.15. The normalized spacial score (nSPS) is 22.3. The van der Waals surface area contributed by atoms with Crippen LogP contribution < -0.4 is 0 Å². The summed E-state index contributed by atoms with van der Waals surface area (Å²) in [7, 11) is 0. The molecule has 0 saturated heterocycles. The molecule has 4 heteroatoms. The van der Waals surface area contributed by atoms with E-state index in [9.17, 15) is 5.11 Å². The van der Waals surface area contributed by atoms with E-state index in [0.717, 1.165) is 29.9 Å². The molecule has 1 unspecified atom stereocenters. The first-order valence-corrected chi connectivity index (χ1v) is 9.81. The number of aryl methyl sites for hydroxylation is 1. The summed E-state index contributed by atoms with van der Waals surface area (Å²) in [6.45, 7) is 2.27. The van der Waals surface area contributed by atoms with Crippen molar-refractivity contribution in [1.29, 1.82) is 0 Å². The molecule has 0 amide bonds. The number of rotatable bonds is 3. The zero-order valence-electron chi connectivity index (χ0n) is 15.4. The quantitative estimate of drug-likeness (QED) is 0.661. The van der Waals surface area contributed by atoms with E-state index in [0.29, 0.717) is 11.6 Å². The van der Waals surface area contributed by atoms with Gasteiger partial charge in [0.25, 0.3) is 0 Å². The van der Waals surface area contributed by atoms with Gasteiger partial charge in [0.2, 0.25) is 0 Å². The van der Waals surface area contributed by atoms with Gasteiger partial charge in [-0.05, 0) is 61.4 Å². The van der Waals surface area contributed by atoms with Gasteiger partial charge in [-0.25, -0.2) is 4.99 Å². The Morgan fingerprint density at radius 2 is 2.15 bits per heavy atom. The molecular weight excluding hydrogens is 322 g/mol. The third-order valence-corrected chi connectivity index (χ3v) is 5.55. The average molecular weight is 349 g/mol. The van der Waals surface area contributed by atoms with Crippen molar-refractivity contribution in [1.82, 2.24) is 9.97 Å². The first kappa shape index (κ1) is 17.0. The number of fused-ring (bicyclic) bond motifs is 2. The van der Waals surface area contributed by atoms with Crippen LogP contribution in [0.25, 0.3) is 6.08 Å². The minimum Gasteiger partial charge on any atom is -0.506 e. The number of H-pyrrole nitrogens is 2. The summed E-state index contributed by atoms with van der Waals surface area (Å²) in [4.78, 5) is 11.4. The van der Waals surface area contributed by atoms with Crippen LogP contribution in [-0.4, -0.2) is 20.8 Å². The zero-order valence-corrected chi connectivity index (χ0v) is 15.4. The van der Waals surface area contributed by atoms with Gasteiger partial charge in [0.15, 0.2) is 0 Å². The fourth-order valence-corrected chi connectivity index (χ4v) is 4.07. The number of aromatic amines is 2. The Labute approximate surface area is 154 Å². The van der Waals surface area contributed by atoms with Crippen LogP contribution in [0.15, 0.2) is 46.9 Å². The lowest BCUT2D eigenvalue weighted by Crippen LogP contribution is -1.99. The Balaban J connectivity index is 1.70. The number of hydrogen-bond donors (Lipinski definition) is 3. The fourth-order valence-electron chi connectivity index (χ4n) is 4.07. The summed E-state index contributed by atoms with van der Waals surface area (Å²) in [6, 6.07) is 6.25. The summed E-state index contributed by atoms with van der Waals surface area (Å²) in [5, 5.41) is 10.4. The maximum absolute atomic E-state index is 10.4. The average Bonchev–Trinajstić information content (AvgIpc) is 3.36. The SMILES string of the molecule is CCC1CCCCCCc2cc1c(/C=C1/N=C(c3ccc[nH]3)C=C1O)[nH]2. The van der Waals surface area contributed by atoms with E-state index >= 15 is 0 Å². The summed E-state index contributed by atoms with van der Waals surface area (Å²) in [5.41, 5.74) is 6.13.